The van der Waals surface area contributed by atoms with Crippen molar-refractivity contribution < 1.29 is 31.5 Å². The molecule has 0 heterocycles. The van der Waals surface area contributed by atoms with Crippen molar-refractivity contribution in [3.05, 3.63) is 31.7 Å². The van der Waals surface area contributed by atoms with Gasteiger partial charge in [-0.3, -0.25) is 20.4 Å². The number of hydrogen-bond acceptors (Lipinski definition) is 3. The Morgan fingerprint density at radius 3 is 1.00 bits per heavy atom. The fourth-order valence-corrected chi connectivity index (χ4v) is 0.542. The van der Waals surface area contributed by atoms with E-state index < -0.39 is 0 Å². The van der Waals surface area contributed by atoms with Crippen LogP contribution in [-0.2, 0) is 31.5 Å². The molecule has 0 atom stereocenters. The van der Waals surface area contributed by atoms with Gasteiger partial charge in [-0.15, -0.1) is 0 Å². The topological polar surface area (TPSA) is 51.2 Å². The van der Waals surface area contributed by atoms with Crippen molar-refractivity contribution in [1.29, 1.82) is 0 Å². The molecular formula is C10H14FeO3. The van der Waals surface area contributed by atoms with E-state index in [9.17, 15) is 0 Å². The van der Waals surface area contributed by atoms with Gasteiger partial charge in [-0.05, 0) is 12.8 Å². The van der Waals surface area contributed by atoms with E-state index in [0.717, 1.165) is 0 Å². The summed E-state index contributed by atoms with van der Waals surface area (Å²) in [6.07, 6.45) is 11.0. The molecule has 0 aromatic rings. The standard InChI is InChI=1S/C6H8.3CHO.CH3.Fe/c1-2-4-6-5-3-1;3*1-2;;/h1-4H,5-6H2;3*1H;1H3;/q;4*-1;+4. The zero-order chi connectivity index (χ0) is 10.2. The Hall–Kier alpha value is -0.991. The van der Waals surface area contributed by atoms with Crippen LogP contribution in [0.15, 0.2) is 24.3 Å². The average molecular weight is 238 g/mol. The summed E-state index contributed by atoms with van der Waals surface area (Å²) >= 11 is 0. The zero-order valence-corrected chi connectivity index (χ0v) is 9.14. The third kappa shape index (κ3) is 44.0. The molecule has 3 nitrogen and oxygen atoms in total. The maximum absolute atomic E-state index is 7.75. The Morgan fingerprint density at radius 1 is 0.714 bits per heavy atom. The molecular weight excluding hydrogens is 224 g/mol. The van der Waals surface area contributed by atoms with E-state index in [-0.39, 0.29) is 24.5 Å². The molecule has 14 heavy (non-hydrogen) atoms. The molecule has 0 radical (unpaired) electrons. The largest absolute Gasteiger partial charge is 4.00 e. The first-order valence-electron chi connectivity index (χ1n) is 3.02. The molecule has 0 bridgehead atoms. The molecule has 0 amide bonds. The van der Waals surface area contributed by atoms with Crippen LogP contribution in [0, 0.1) is 7.43 Å². The van der Waals surface area contributed by atoms with Crippen LogP contribution in [0.1, 0.15) is 12.8 Å². The summed E-state index contributed by atoms with van der Waals surface area (Å²) < 4.78 is 0. The maximum Gasteiger partial charge on any atom is 4.00 e. The smallest absolute Gasteiger partial charge is 0.545 e. The Bertz CT molecular complexity index is 108. The van der Waals surface area contributed by atoms with Gasteiger partial charge in [0.1, 0.15) is 0 Å². The van der Waals surface area contributed by atoms with Crippen LogP contribution in [0.2, 0.25) is 0 Å². The predicted molar refractivity (Wildman–Crippen MR) is 54.2 cm³/mol. The van der Waals surface area contributed by atoms with E-state index in [1.165, 1.54) is 12.8 Å². The summed E-state index contributed by atoms with van der Waals surface area (Å²) in [6, 6.07) is 0. The minimum absolute atomic E-state index is 0. The van der Waals surface area contributed by atoms with Crippen LogP contribution in [0.5, 0.6) is 0 Å². The number of rotatable bonds is 0. The van der Waals surface area contributed by atoms with Crippen molar-refractivity contribution in [2.75, 3.05) is 0 Å². The third-order valence-corrected chi connectivity index (χ3v) is 0.883. The summed E-state index contributed by atoms with van der Waals surface area (Å²) in [4.78, 5) is 23.2. The van der Waals surface area contributed by atoms with E-state index in [4.69, 9.17) is 14.4 Å². The fraction of sp³-hybridized carbons (Fsp3) is 0.200. The van der Waals surface area contributed by atoms with E-state index in [1.807, 2.05) is 0 Å². The third-order valence-electron chi connectivity index (χ3n) is 0.883. The average Bonchev–Trinajstić information content (AvgIpc) is 2.29. The van der Waals surface area contributed by atoms with Gasteiger partial charge in [0.25, 0.3) is 0 Å². The zero-order valence-electron chi connectivity index (χ0n) is 8.03. The Labute approximate surface area is 96.7 Å². The van der Waals surface area contributed by atoms with Gasteiger partial charge in [-0.1, -0.05) is 24.3 Å². The van der Waals surface area contributed by atoms with E-state index in [2.05, 4.69) is 44.7 Å². The van der Waals surface area contributed by atoms with Crippen LogP contribution in [0.25, 0.3) is 0 Å². The molecule has 0 aromatic heterocycles. The van der Waals surface area contributed by atoms with Crippen molar-refractivity contribution in [3.63, 3.8) is 0 Å². The predicted octanol–water partition coefficient (Wildman–Crippen LogP) is 1.52. The monoisotopic (exact) mass is 238 g/mol. The van der Waals surface area contributed by atoms with E-state index >= 15 is 0 Å². The molecule has 1 rings (SSSR count). The van der Waals surface area contributed by atoms with Gasteiger partial charge in [-0.25, -0.2) is 0 Å². The molecule has 0 unspecified atom stereocenters. The summed E-state index contributed by atoms with van der Waals surface area (Å²) in [5.41, 5.74) is 0. The van der Waals surface area contributed by atoms with Gasteiger partial charge in [-0.2, -0.15) is 0 Å². The van der Waals surface area contributed by atoms with Gasteiger partial charge >= 0.3 is 17.1 Å². The maximum atomic E-state index is 7.75. The quantitative estimate of drug-likeness (QED) is 0.365. The molecule has 4 heteroatoms. The van der Waals surface area contributed by atoms with Crippen molar-refractivity contribution in [1.82, 2.24) is 0 Å². The Kier molecular flexibility index (Phi) is 121. The van der Waals surface area contributed by atoms with Crippen LogP contribution >= 0.6 is 0 Å². The van der Waals surface area contributed by atoms with Gasteiger partial charge in [0.2, 0.25) is 0 Å². The van der Waals surface area contributed by atoms with E-state index in [0.29, 0.717) is 0 Å². The van der Waals surface area contributed by atoms with Gasteiger partial charge < -0.3 is 21.8 Å². The molecule has 0 N–H and O–H groups in total. The molecule has 0 spiro atoms. The molecule has 0 saturated carbocycles. The van der Waals surface area contributed by atoms with Gasteiger partial charge in [0.05, 0.1) is 0 Å². The number of allylic oxidation sites excluding steroid dienone is 4. The molecule has 0 fully saturated rings. The molecule has 0 saturated heterocycles. The molecule has 0 aromatic carbocycles. The number of hydrogen-bond donors (Lipinski definition) is 0. The second kappa shape index (κ2) is 58.0. The molecule has 0 aliphatic heterocycles. The minimum atomic E-state index is 0. The van der Waals surface area contributed by atoms with Gasteiger partial charge in [0, 0.05) is 0 Å². The summed E-state index contributed by atoms with van der Waals surface area (Å²) in [6.45, 7) is 9.75. The van der Waals surface area contributed by atoms with Crippen molar-refractivity contribution in [3.8, 4) is 0 Å². The molecule has 80 valence electrons. The first kappa shape index (κ1) is 29.2. The van der Waals surface area contributed by atoms with Crippen LogP contribution in [0.3, 0.4) is 0 Å². The van der Waals surface area contributed by atoms with Crippen molar-refractivity contribution >= 4 is 20.4 Å². The first-order valence-corrected chi connectivity index (χ1v) is 3.02. The summed E-state index contributed by atoms with van der Waals surface area (Å²) in [5, 5.41) is 0. The normalized spacial score (nSPS) is 8.86. The minimum Gasteiger partial charge on any atom is -0.545 e. The second-order valence-electron chi connectivity index (χ2n) is 1.43. The number of carbonyl (C=O) groups excluding carboxylic acids is 3. The van der Waals surface area contributed by atoms with Crippen LogP contribution in [0.4, 0.5) is 0 Å². The molecule has 1 aliphatic carbocycles. The summed E-state index contributed by atoms with van der Waals surface area (Å²) in [5.74, 6) is 0. The van der Waals surface area contributed by atoms with E-state index in [1.54, 1.807) is 0 Å². The Morgan fingerprint density at radius 2 is 0.929 bits per heavy atom. The Balaban J connectivity index is -0.0000000300. The first-order chi connectivity index (χ1) is 6.00. The summed E-state index contributed by atoms with van der Waals surface area (Å²) in [7, 11) is 0. The SMILES string of the molecule is C1=CCCC=C1.[CH-]=O.[CH-]=O.[CH-]=O.[CH3-].[Fe+4]. The van der Waals surface area contributed by atoms with Crippen LogP contribution < -0.4 is 0 Å². The van der Waals surface area contributed by atoms with Crippen molar-refractivity contribution in [2.24, 2.45) is 0 Å². The van der Waals surface area contributed by atoms with Crippen LogP contribution in [-0.4, -0.2) is 20.4 Å². The fourth-order valence-electron chi connectivity index (χ4n) is 0.542. The second-order valence-corrected chi connectivity index (χ2v) is 1.43. The van der Waals surface area contributed by atoms with Crippen molar-refractivity contribution in [2.45, 2.75) is 12.8 Å². The molecule has 1 aliphatic rings. The van der Waals surface area contributed by atoms with Gasteiger partial charge in [0.15, 0.2) is 0 Å².